The standard InChI is InChI=1S/C44H42F2N8O2/c1-5-43(56)53-20-16-28(17-21-53)36-25-47-39(30-8-12-33(46)13-9-30)23-35(36)40-24-41(52(4)50-40)42-22-31(26-54(42)27(2)55)34-14-15-37(29-6-10-32(45)11-7-29)48-44(34)38-18-19-51(3)49-38/h5-15,18-19,23-25,28,31,42H,1,16-17,20-22,26H2,2-4H3. The van der Waals surface area contributed by atoms with E-state index in [-0.39, 0.29) is 41.3 Å². The lowest BCUT2D eigenvalue weighted by molar-refractivity contribution is -0.130. The molecule has 10 nitrogen and oxygen atoms in total. The minimum atomic E-state index is -0.322. The molecule has 2 aromatic carbocycles. The fourth-order valence-electron chi connectivity index (χ4n) is 8.27. The minimum absolute atomic E-state index is 0.0421. The Morgan fingerprint density at radius 2 is 1.46 bits per heavy atom. The fourth-order valence-corrected chi connectivity index (χ4v) is 8.27. The number of aromatic nitrogens is 6. The van der Waals surface area contributed by atoms with Crippen LogP contribution in [0.4, 0.5) is 8.78 Å². The van der Waals surface area contributed by atoms with Crippen LogP contribution >= 0.6 is 0 Å². The van der Waals surface area contributed by atoms with E-state index >= 15 is 0 Å². The van der Waals surface area contributed by atoms with E-state index < -0.39 is 0 Å². The van der Waals surface area contributed by atoms with Crippen molar-refractivity contribution in [3.8, 4) is 45.2 Å². The Kier molecular flexibility index (Phi) is 9.88. The first-order valence-corrected chi connectivity index (χ1v) is 18.8. The first-order chi connectivity index (χ1) is 27.1. The Balaban J connectivity index is 1.16. The number of hydrogen-bond donors (Lipinski definition) is 0. The molecule has 0 N–H and O–H groups in total. The first kappa shape index (κ1) is 36.7. The van der Waals surface area contributed by atoms with Crippen LogP contribution in [0.3, 0.4) is 0 Å². The SMILES string of the molecule is C=CC(=O)N1CCC(c2cnc(-c3ccc(F)cc3)cc2-c2cc(C3CC(c4ccc(-c5ccc(F)cc5)nc4-c4ccn(C)n4)CN3C(C)=O)n(C)n2)CC1. The summed E-state index contributed by atoms with van der Waals surface area (Å²) in [5.41, 5.74) is 8.98. The van der Waals surface area contributed by atoms with E-state index in [1.807, 2.05) is 59.2 Å². The number of halogens is 2. The Morgan fingerprint density at radius 1 is 0.786 bits per heavy atom. The number of likely N-dealkylation sites (tertiary alicyclic amines) is 2. The van der Waals surface area contributed by atoms with E-state index in [0.29, 0.717) is 43.1 Å². The molecule has 284 valence electrons. The van der Waals surface area contributed by atoms with Gasteiger partial charge in [0, 0.05) is 75.7 Å². The van der Waals surface area contributed by atoms with Gasteiger partial charge in [-0.3, -0.25) is 23.9 Å². The largest absolute Gasteiger partial charge is 0.339 e. The van der Waals surface area contributed by atoms with Crippen molar-refractivity contribution in [2.75, 3.05) is 19.6 Å². The molecule has 6 heterocycles. The first-order valence-electron chi connectivity index (χ1n) is 18.8. The number of carbonyl (C=O) groups excluding carboxylic acids is 2. The summed E-state index contributed by atoms with van der Waals surface area (Å²) >= 11 is 0. The van der Waals surface area contributed by atoms with Gasteiger partial charge in [-0.15, -0.1) is 0 Å². The van der Waals surface area contributed by atoms with Crippen molar-refractivity contribution in [1.29, 1.82) is 0 Å². The van der Waals surface area contributed by atoms with Gasteiger partial charge in [-0.05, 0) is 115 Å². The van der Waals surface area contributed by atoms with E-state index in [2.05, 4.69) is 18.7 Å². The molecule has 8 rings (SSSR count). The Hall–Kier alpha value is -6.30. The molecular formula is C44H42F2N8O2. The predicted molar refractivity (Wildman–Crippen MR) is 210 cm³/mol. The number of carbonyl (C=O) groups is 2. The van der Waals surface area contributed by atoms with Crippen molar-refractivity contribution in [3.05, 3.63) is 132 Å². The number of aryl methyl sites for hydroxylation is 2. The van der Waals surface area contributed by atoms with Crippen LogP contribution in [0.2, 0.25) is 0 Å². The average molecular weight is 753 g/mol. The highest BCUT2D eigenvalue weighted by Crippen LogP contribution is 2.45. The third-order valence-electron chi connectivity index (χ3n) is 11.2. The van der Waals surface area contributed by atoms with E-state index in [4.69, 9.17) is 20.2 Å². The van der Waals surface area contributed by atoms with Gasteiger partial charge in [0.1, 0.15) is 17.3 Å². The zero-order valence-corrected chi connectivity index (χ0v) is 31.6. The van der Waals surface area contributed by atoms with Gasteiger partial charge in [-0.25, -0.2) is 13.8 Å². The molecule has 0 saturated carbocycles. The van der Waals surface area contributed by atoms with Crippen LogP contribution in [0, 0.1) is 11.6 Å². The molecule has 2 amide bonds. The second-order valence-corrected chi connectivity index (χ2v) is 14.7. The summed E-state index contributed by atoms with van der Waals surface area (Å²) in [5.74, 6) is -0.666. The fraction of sp³-hybridized carbons (Fsp3) is 0.273. The summed E-state index contributed by atoms with van der Waals surface area (Å²) in [4.78, 5) is 39.4. The maximum Gasteiger partial charge on any atom is 0.245 e. The van der Waals surface area contributed by atoms with Crippen LogP contribution in [0.1, 0.15) is 60.9 Å². The lowest BCUT2D eigenvalue weighted by Gasteiger charge is -2.32. The molecule has 2 saturated heterocycles. The summed E-state index contributed by atoms with van der Waals surface area (Å²) in [6.07, 6.45) is 7.29. The van der Waals surface area contributed by atoms with Crippen molar-refractivity contribution in [1.82, 2.24) is 39.3 Å². The summed E-state index contributed by atoms with van der Waals surface area (Å²) < 4.78 is 31.3. The smallest absolute Gasteiger partial charge is 0.245 e. The van der Waals surface area contributed by atoms with Gasteiger partial charge in [0.15, 0.2) is 0 Å². The Labute approximate surface area is 324 Å². The molecule has 2 atom stereocenters. The third-order valence-corrected chi connectivity index (χ3v) is 11.2. The van der Waals surface area contributed by atoms with Gasteiger partial charge in [-0.1, -0.05) is 12.6 Å². The van der Waals surface area contributed by atoms with Crippen molar-refractivity contribution in [2.24, 2.45) is 14.1 Å². The number of nitrogens with zero attached hydrogens (tertiary/aromatic N) is 8. The molecule has 56 heavy (non-hydrogen) atoms. The number of benzene rings is 2. The Morgan fingerprint density at radius 3 is 2.09 bits per heavy atom. The minimum Gasteiger partial charge on any atom is -0.339 e. The van der Waals surface area contributed by atoms with Gasteiger partial charge in [0.2, 0.25) is 11.8 Å². The molecular weight excluding hydrogens is 711 g/mol. The van der Waals surface area contributed by atoms with Crippen LogP contribution in [0.15, 0.2) is 104 Å². The van der Waals surface area contributed by atoms with Gasteiger partial charge in [-0.2, -0.15) is 10.2 Å². The molecule has 12 heteroatoms. The summed E-state index contributed by atoms with van der Waals surface area (Å²) in [7, 11) is 3.77. The number of rotatable bonds is 8. The van der Waals surface area contributed by atoms with E-state index in [1.165, 1.54) is 30.3 Å². The summed E-state index contributed by atoms with van der Waals surface area (Å²) in [5, 5.41) is 9.75. The highest BCUT2D eigenvalue weighted by Gasteiger charge is 2.39. The normalized spacial score (nSPS) is 17.4. The second-order valence-electron chi connectivity index (χ2n) is 14.7. The van der Waals surface area contributed by atoms with Crippen LogP contribution in [-0.4, -0.2) is 70.8 Å². The zero-order chi connectivity index (χ0) is 39.1. The quantitative estimate of drug-likeness (QED) is 0.147. The van der Waals surface area contributed by atoms with E-state index in [9.17, 15) is 18.4 Å². The van der Waals surface area contributed by atoms with Gasteiger partial charge in [0.05, 0.1) is 34.5 Å². The Bertz CT molecular complexity index is 2430. The second kappa shape index (κ2) is 15.1. The zero-order valence-electron chi connectivity index (χ0n) is 31.6. The lowest BCUT2D eigenvalue weighted by atomic mass is 9.86. The molecule has 0 aliphatic carbocycles. The topological polar surface area (TPSA) is 102 Å². The van der Waals surface area contributed by atoms with Crippen molar-refractivity contribution in [2.45, 2.75) is 44.1 Å². The number of piperidine rings is 1. The molecule has 6 aromatic rings. The van der Waals surface area contributed by atoms with Crippen LogP contribution in [0.25, 0.3) is 45.2 Å². The molecule has 0 spiro atoms. The number of pyridine rings is 2. The highest BCUT2D eigenvalue weighted by atomic mass is 19.1. The average Bonchev–Trinajstić information content (AvgIpc) is 3.96. The molecule has 0 bridgehead atoms. The molecule has 0 radical (unpaired) electrons. The molecule has 2 aliphatic heterocycles. The maximum absolute atomic E-state index is 13.9. The van der Waals surface area contributed by atoms with Gasteiger partial charge in [0.25, 0.3) is 0 Å². The summed E-state index contributed by atoms with van der Waals surface area (Å²) in [6, 6.07) is 22.3. The lowest BCUT2D eigenvalue weighted by Crippen LogP contribution is -2.36. The third kappa shape index (κ3) is 7.14. The number of hydrogen-bond acceptors (Lipinski definition) is 6. The van der Waals surface area contributed by atoms with Gasteiger partial charge < -0.3 is 9.80 Å². The highest BCUT2D eigenvalue weighted by molar-refractivity contribution is 5.87. The van der Waals surface area contributed by atoms with Crippen molar-refractivity contribution in [3.63, 3.8) is 0 Å². The number of amides is 2. The van der Waals surface area contributed by atoms with Crippen LogP contribution in [0.5, 0.6) is 0 Å². The van der Waals surface area contributed by atoms with Crippen LogP contribution in [-0.2, 0) is 23.7 Å². The van der Waals surface area contributed by atoms with E-state index in [1.54, 1.807) is 35.9 Å². The molecule has 2 unspecified atom stereocenters. The summed E-state index contributed by atoms with van der Waals surface area (Å²) in [6.45, 7) is 6.95. The van der Waals surface area contributed by atoms with Crippen molar-refractivity contribution >= 4 is 11.8 Å². The van der Waals surface area contributed by atoms with Gasteiger partial charge >= 0.3 is 0 Å². The van der Waals surface area contributed by atoms with Crippen LogP contribution < -0.4 is 0 Å². The monoisotopic (exact) mass is 752 g/mol. The maximum atomic E-state index is 13.9. The molecule has 2 fully saturated rings. The van der Waals surface area contributed by atoms with E-state index in [0.717, 1.165) is 57.7 Å². The van der Waals surface area contributed by atoms with Crippen molar-refractivity contribution < 1.29 is 18.4 Å². The molecule has 2 aliphatic rings. The predicted octanol–water partition coefficient (Wildman–Crippen LogP) is 7.86. The molecule has 4 aromatic heterocycles.